The van der Waals surface area contributed by atoms with Crippen LogP contribution in [0.4, 0.5) is 0 Å². The Hall–Kier alpha value is -0.520. The van der Waals surface area contributed by atoms with E-state index in [0.29, 0.717) is 0 Å². The fourth-order valence-corrected chi connectivity index (χ4v) is 2.24. The van der Waals surface area contributed by atoms with Gasteiger partial charge in [0.1, 0.15) is 0 Å². The van der Waals surface area contributed by atoms with E-state index in [4.69, 9.17) is 6.42 Å². The van der Waals surface area contributed by atoms with Crippen molar-refractivity contribution in [3.8, 4) is 12.3 Å². The summed E-state index contributed by atoms with van der Waals surface area (Å²) in [5, 5.41) is 3.73. The molecular weight excluding hydrogens is 172 g/mol. The van der Waals surface area contributed by atoms with Crippen LogP contribution in [-0.2, 0) is 0 Å². The molecule has 1 saturated carbocycles. The summed E-state index contributed by atoms with van der Waals surface area (Å²) in [5.41, 5.74) is 0. The van der Waals surface area contributed by atoms with Gasteiger partial charge in [0, 0.05) is 25.2 Å². The van der Waals surface area contributed by atoms with Crippen molar-refractivity contribution in [1.29, 1.82) is 0 Å². The number of likely N-dealkylation sites (tertiary alicyclic amines) is 1. The van der Waals surface area contributed by atoms with Gasteiger partial charge in [-0.2, -0.15) is 0 Å². The minimum Gasteiger partial charge on any atom is -0.311 e. The first-order chi connectivity index (χ1) is 6.79. The van der Waals surface area contributed by atoms with E-state index in [9.17, 15) is 0 Å². The van der Waals surface area contributed by atoms with Crippen molar-refractivity contribution in [1.82, 2.24) is 10.2 Å². The zero-order chi connectivity index (χ0) is 9.97. The topological polar surface area (TPSA) is 15.3 Å². The van der Waals surface area contributed by atoms with Crippen LogP contribution in [0.2, 0.25) is 0 Å². The highest BCUT2D eigenvalue weighted by Gasteiger charge is 2.34. The van der Waals surface area contributed by atoms with Crippen LogP contribution in [0.3, 0.4) is 0 Å². The highest BCUT2D eigenvalue weighted by molar-refractivity contribution is 4.94. The van der Waals surface area contributed by atoms with Crippen LogP contribution in [0.5, 0.6) is 0 Å². The molecule has 78 valence electrons. The molecule has 0 aromatic heterocycles. The molecule has 1 aliphatic heterocycles. The summed E-state index contributed by atoms with van der Waals surface area (Å²) >= 11 is 0. The minimum atomic E-state index is 0.749. The summed E-state index contributed by atoms with van der Waals surface area (Å²) < 4.78 is 0. The molecule has 1 aliphatic carbocycles. The fourth-order valence-electron chi connectivity index (χ4n) is 2.24. The molecule has 1 saturated heterocycles. The lowest BCUT2D eigenvalue weighted by Gasteiger charge is -2.31. The molecule has 2 aliphatic rings. The Morgan fingerprint density at radius 2 is 2.07 bits per heavy atom. The summed E-state index contributed by atoms with van der Waals surface area (Å²) in [5.74, 6) is 3.63. The molecule has 1 N–H and O–H groups in total. The first kappa shape index (κ1) is 10.0. The highest BCUT2D eigenvalue weighted by atomic mass is 15.1. The molecular formula is C12H20N2. The molecule has 0 bridgehead atoms. The van der Waals surface area contributed by atoms with Crippen LogP contribution in [0, 0.1) is 18.3 Å². The van der Waals surface area contributed by atoms with Gasteiger partial charge < -0.3 is 5.32 Å². The molecule has 2 fully saturated rings. The summed E-state index contributed by atoms with van der Waals surface area (Å²) in [7, 11) is 0. The Labute approximate surface area is 87.1 Å². The average Bonchev–Trinajstić information content (AvgIpc) is 2.86. The molecule has 2 unspecified atom stereocenters. The molecule has 2 rings (SSSR count). The van der Waals surface area contributed by atoms with Gasteiger partial charge in [0.2, 0.25) is 0 Å². The monoisotopic (exact) mass is 192 g/mol. The average molecular weight is 192 g/mol. The number of rotatable bonds is 3. The van der Waals surface area contributed by atoms with E-state index >= 15 is 0 Å². The van der Waals surface area contributed by atoms with Gasteiger partial charge >= 0.3 is 0 Å². The standard InChI is InChI=1S/C12H20N2/c1-3-6-14-7-4-11(5-8-14)13-12-9-10(12)2/h1,10-13H,4-9H2,2H3. The Balaban J connectivity index is 1.66. The maximum atomic E-state index is 5.30. The molecule has 2 atom stereocenters. The van der Waals surface area contributed by atoms with Crippen LogP contribution in [0.1, 0.15) is 26.2 Å². The van der Waals surface area contributed by atoms with E-state index in [1.165, 1.54) is 32.4 Å². The SMILES string of the molecule is C#CCN1CCC(NC2CC2C)CC1. The maximum Gasteiger partial charge on any atom is 0.0598 e. The van der Waals surface area contributed by atoms with Gasteiger partial charge in [0.15, 0.2) is 0 Å². The van der Waals surface area contributed by atoms with Gasteiger partial charge in [0.05, 0.1) is 6.54 Å². The molecule has 0 amide bonds. The molecule has 1 heterocycles. The third-order valence-electron chi connectivity index (χ3n) is 3.46. The normalized spacial score (nSPS) is 34.0. The van der Waals surface area contributed by atoms with Crippen molar-refractivity contribution in [3.05, 3.63) is 0 Å². The van der Waals surface area contributed by atoms with Gasteiger partial charge in [-0.3, -0.25) is 4.90 Å². The number of piperidine rings is 1. The van der Waals surface area contributed by atoms with Crippen molar-refractivity contribution in [2.75, 3.05) is 19.6 Å². The minimum absolute atomic E-state index is 0.749. The van der Waals surface area contributed by atoms with Crippen molar-refractivity contribution in [3.63, 3.8) is 0 Å². The number of terminal acetylenes is 1. The van der Waals surface area contributed by atoms with Crippen LogP contribution >= 0.6 is 0 Å². The van der Waals surface area contributed by atoms with Gasteiger partial charge in [-0.05, 0) is 25.2 Å². The van der Waals surface area contributed by atoms with Crippen molar-refractivity contribution < 1.29 is 0 Å². The number of nitrogens with zero attached hydrogens (tertiary/aromatic N) is 1. The molecule has 0 aromatic carbocycles. The van der Waals surface area contributed by atoms with E-state index < -0.39 is 0 Å². The van der Waals surface area contributed by atoms with E-state index in [-0.39, 0.29) is 0 Å². The van der Waals surface area contributed by atoms with Crippen molar-refractivity contribution in [2.45, 2.75) is 38.3 Å². The first-order valence-corrected chi connectivity index (χ1v) is 5.71. The lowest BCUT2D eigenvalue weighted by molar-refractivity contribution is 0.216. The fraction of sp³-hybridized carbons (Fsp3) is 0.833. The summed E-state index contributed by atoms with van der Waals surface area (Å²) in [6, 6.07) is 1.57. The Kier molecular flexibility index (Phi) is 3.10. The van der Waals surface area contributed by atoms with Crippen LogP contribution in [0.25, 0.3) is 0 Å². The lowest BCUT2D eigenvalue weighted by atomic mass is 10.1. The largest absolute Gasteiger partial charge is 0.311 e. The zero-order valence-corrected chi connectivity index (χ0v) is 9.00. The Morgan fingerprint density at radius 1 is 1.43 bits per heavy atom. The van der Waals surface area contributed by atoms with Crippen LogP contribution in [0.15, 0.2) is 0 Å². The lowest BCUT2D eigenvalue weighted by Crippen LogP contribution is -2.43. The summed E-state index contributed by atoms with van der Waals surface area (Å²) in [6.07, 6.45) is 9.21. The van der Waals surface area contributed by atoms with Gasteiger partial charge in [-0.15, -0.1) is 6.42 Å². The maximum absolute atomic E-state index is 5.30. The molecule has 2 nitrogen and oxygen atoms in total. The second kappa shape index (κ2) is 4.33. The van der Waals surface area contributed by atoms with Gasteiger partial charge in [-0.1, -0.05) is 12.8 Å². The second-order valence-electron chi connectivity index (χ2n) is 4.74. The van der Waals surface area contributed by atoms with E-state index in [2.05, 4.69) is 23.1 Å². The first-order valence-electron chi connectivity index (χ1n) is 5.71. The number of hydrogen-bond acceptors (Lipinski definition) is 2. The molecule has 0 radical (unpaired) electrons. The van der Waals surface area contributed by atoms with Gasteiger partial charge in [-0.25, -0.2) is 0 Å². The Morgan fingerprint density at radius 3 is 2.57 bits per heavy atom. The van der Waals surface area contributed by atoms with Crippen LogP contribution in [-0.4, -0.2) is 36.6 Å². The molecule has 2 heteroatoms. The third-order valence-corrected chi connectivity index (χ3v) is 3.46. The van der Waals surface area contributed by atoms with E-state index in [1.54, 1.807) is 0 Å². The second-order valence-corrected chi connectivity index (χ2v) is 4.74. The smallest absolute Gasteiger partial charge is 0.0598 e. The number of nitrogens with one attached hydrogen (secondary N) is 1. The summed E-state index contributed by atoms with van der Waals surface area (Å²) in [6.45, 7) is 5.49. The van der Waals surface area contributed by atoms with Gasteiger partial charge in [0.25, 0.3) is 0 Å². The Bertz CT molecular complexity index is 223. The molecule has 0 spiro atoms. The molecule has 14 heavy (non-hydrogen) atoms. The summed E-state index contributed by atoms with van der Waals surface area (Å²) in [4.78, 5) is 2.37. The third kappa shape index (κ3) is 2.50. The molecule has 0 aromatic rings. The zero-order valence-electron chi connectivity index (χ0n) is 9.00. The van der Waals surface area contributed by atoms with Crippen molar-refractivity contribution in [2.24, 2.45) is 5.92 Å². The predicted molar refractivity (Wildman–Crippen MR) is 59.0 cm³/mol. The van der Waals surface area contributed by atoms with E-state index in [1.807, 2.05) is 0 Å². The highest BCUT2D eigenvalue weighted by Crippen LogP contribution is 2.30. The van der Waals surface area contributed by atoms with E-state index in [0.717, 1.165) is 24.5 Å². The van der Waals surface area contributed by atoms with Crippen molar-refractivity contribution >= 4 is 0 Å². The quantitative estimate of drug-likeness (QED) is 0.673. The number of hydrogen-bond donors (Lipinski definition) is 1. The van der Waals surface area contributed by atoms with Crippen LogP contribution < -0.4 is 5.32 Å². The predicted octanol–water partition coefficient (Wildman–Crippen LogP) is 1.08.